The minimum absolute atomic E-state index is 0.101. The van der Waals surface area contributed by atoms with Crippen LogP contribution in [0.2, 0.25) is 0 Å². The fourth-order valence-corrected chi connectivity index (χ4v) is 1.71. The van der Waals surface area contributed by atoms with Crippen LogP contribution in [0.5, 0.6) is 0 Å². The van der Waals surface area contributed by atoms with Crippen molar-refractivity contribution >= 4 is 17.8 Å². The summed E-state index contributed by atoms with van der Waals surface area (Å²) in [5.41, 5.74) is -0.716. The largest absolute Gasteiger partial charge is 0.464 e. The van der Waals surface area contributed by atoms with E-state index in [0.29, 0.717) is 0 Å². The summed E-state index contributed by atoms with van der Waals surface area (Å²) in [6.07, 6.45) is -0.727. The molecule has 0 radical (unpaired) electrons. The number of ketones is 1. The van der Waals surface area contributed by atoms with Crippen molar-refractivity contribution < 1.29 is 28.6 Å². The van der Waals surface area contributed by atoms with Gasteiger partial charge in [0.15, 0.2) is 11.8 Å². The van der Waals surface area contributed by atoms with Gasteiger partial charge in [0.2, 0.25) is 0 Å². The zero-order valence-corrected chi connectivity index (χ0v) is 12.3. The third-order valence-electron chi connectivity index (χ3n) is 2.48. The molecule has 1 unspecified atom stereocenters. The Morgan fingerprint density at radius 1 is 1.40 bits per heavy atom. The number of ether oxygens (including phenoxy) is 3. The molecule has 0 aromatic rings. The summed E-state index contributed by atoms with van der Waals surface area (Å²) in [5.74, 6) is -1.26. The number of hydrogen-bond donors (Lipinski definition) is 0. The molecule has 1 saturated heterocycles. The first-order valence-corrected chi connectivity index (χ1v) is 6.53. The number of amides is 1. The molecule has 1 rings (SSSR count). The van der Waals surface area contributed by atoms with Crippen molar-refractivity contribution in [2.45, 2.75) is 39.3 Å². The molecular weight excluding hydrogens is 266 g/mol. The summed E-state index contributed by atoms with van der Waals surface area (Å²) in [6.45, 7) is 6.94. The number of esters is 1. The average Bonchev–Trinajstić information content (AvgIpc) is 2.49. The normalized spacial score (nSPS) is 20.3. The molecule has 0 spiro atoms. The lowest BCUT2D eigenvalue weighted by molar-refractivity contribution is -0.152. The van der Waals surface area contributed by atoms with Crippen LogP contribution in [0.1, 0.15) is 27.7 Å². The first kappa shape index (κ1) is 16.4. The van der Waals surface area contributed by atoms with E-state index in [4.69, 9.17) is 14.2 Å². The molecule has 20 heavy (non-hydrogen) atoms. The Morgan fingerprint density at radius 2 is 2.05 bits per heavy atom. The molecule has 7 heteroatoms. The molecule has 1 atom stereocenters. The molecule has 0 N–H and O–H groups in total. The van der Waals surface area contributed by atoms with E-state index in [1.165, 1.54) is 0 Å². The van der Waals surface area contributed by atoms with Gasteiger partial charge in [-0.2, -0.15) is 0 Å². The Kier molecular flexibility index (Phi) is 5.50. The van der Waals surface area contributed by atoms with Gasteiger partial charge in [0, 0.05) is 6.54 Å². The van der Waals surface area contributed by atoms with Crippen LogP contribution in [0.3, 0.4) is 0 Å². The van der Waals surface area contributed by atoms with E-state index in [1.807, 2.05) is 0 Å². The molecule has 0 aromatic heterocycles. The first-order chi connectivity index (χ1) is 9.26. The lowest BCUT2D eigenvalue weighted by atomic mass is 10.1. The van der Waals surface area contributed by atoms with Gasteiger partial charge < -0.3 is 14.2 Å². The molecule has 114 valence electrons. The summed E-state index contributed by atoms with van der Waals surface area (Å²) in [4.78, 5) is 37.0. The van der Waals surface area contributed by atoms with Crippen molar-refractivity contribution in [2.75, 3.05) is 26.4 Å². The number of rotatable bonds is 2. The monoisotopic (exact) mass is 287 g/mol. The first-order valence-electron chi connectivity index (χ1n) is 6.53. The van der Waals surface area contributed by atoms with Crippen LogP contribution in [-0.4, -0.2) is 60.8 Å². The van der Waals surface area contributed by atoms with Crippen molar-refractivity contribution in [3.05, 3.63) is 0 Å². The van der Waals surface area contributed by atoms with Crippen LogP contribution in [0.25, 0.3) is 0 Å². The van der Waals surface area contributed by atoms with Gasteiger partial charge >= 0.3 is 12.1 Å². The number of carbonyl (C=O) groups is 3. The molecule has 0 aromatic carbocycles. The topological polar surface area (TPSA) is 82.1 Å². The smallest absolute Gasteiger partial charge is 0.411 e. The standard InChI is InChI=1S/C13H21NO6/c1-5-19-11(16)10-9(15)8-18-7-6-14(10)12(17)20-13(2,3)4/h10H,5-8H2,1-4H3. The SMILES string of the molecule is CCOC(=O)C1C(=O)COCCN1C(=O)OC(C)(C)C. The van der Waals surface area contributed by atoms with Crippen LogP contribution >= 0.6 is 0 Å². The van der Waals surface area contributed by atoms with Gasteiger partial charge in [-0.05, 0) is 27.7 Å². The van der Waals surface area contributed by atoms with E-state index in [2.05, 4.69) is 0 Å². The fourth-order valence-electron chi connectivity index (χ4n) is 1.71. The summed E-state index contributed by atoms with van der Waals surface area (Å²) in [5, 5.41) is 0. The maximum Gasteiger partial charge on any atom is 0.411 e. The average molecular weight is 287 g/mol. The van der Waals surface area contributed by atoms with Crippen molar-refractivity contribution in [1.29, 1.82) is 0 Å². The highest BCUT2D eigenvalue weighted by molar-refractivity contribution is 6.06. The predicted octanol–water partition coefficient (Wildman–Crippen LogP) is 0.754. The van der Waals surface area contributed by atoms with Gasteiger partial charge in [-0.3, -0.25) is 9.69 Å². The molecule has 1 heterocycles. The second kappa shape index (κ2) is 6.69. The second-order valence-electron chi connectivity index (χ2n) is 5.35. The van der Waals surface area contributed by atoms with Crippen molar-refractivity contribution in [1.82, 2.24) is 4.90 Å². The van der Waals surface area contributed by atoms with Crippen LogP contribution in [0.4, 0.5) is 4.79 Å². The Morgan fingerprint density at radius 3 is 2.60 bits per heavy atom. The molecule has 0 saturated carbocycles. The van der Waals surface area contributed by atoms with Gasteiger partial charge in [0.25, 0.3) is 0 Å². The van der Waals surface area contributed by atoms with E-state index in [0.717, 1.165) is 4.90 Å². The van der Waals surface area contributed by atoms with Crippen LogP contribution < -0.4 is 0 Å². The van der Waals surface area contributed by atoms with Gasteiger partial charge in [0.05, 0.1) is 13.2 Å². The molecular formula is C13H21NO6. The van der Waals surface area contributed by atoms with Gasteiger partial charge in [-0.15, -0.1) is 0 Å². The molecule has 1 aliphatic heterocycles. The lowest BCUT2D eigenvalue weighted by Gasteiger charge is -2.29. The second-order valence-corrected chi connectivity index (χ2v) is 5.35. The predicted molar refractivity (Wildman–Crippen MR) is 69.2 cm³/mol. The fraction of sp³-hybridized carbons (Fsp3) is 0.769. The third-order valence-corrected chi connectivity index (χ3v) is 2.48. The summed E-state index contributed by atoms with van der Waals surface area (Å²) in [7, 11) is 0. The van der Waals surface area contributed by atoms with Gasteiger partial charge in [0.1, 0.15) is 12.2 Å². The molecule has 0 aliphatic carbocycles. The zero-order valence-electron chi connectivity index (χ0n) is 12.3. The molecule has 1 aliphatic rings. The molecule has 7 nitrogen and oxygen atoms in total. The van der Waals surface area contributed by atoms with Crippen LogP contribution in [0, 0.1) is 0 Å². The molecule has 1 amide bonds. The van der Waals surface area contributed by atoms with Crippen molar-refractivity contribution in [2.24, 2.45) is 0 Å². The maximum atomic E-state index is 12.1. The number of Topliss-reactive ketones (excluding diaryl/α,β-unsaturated/α-hetero) is 1. The maximum absolute atomic E-state index is 12.1. The van der Waals surface area contributed by atoms with Crippen molar-refractivity contribution in [3.8, 4) is 0 Å². The molecule has 0 bridgehead atoms. The number of nitrogens with zero attached hydrogens (tertiary/aromatic N) is 1. The Hall–Kier alpha value is -1.63. The Labute approximate surface area is 118 Å². The lowest BCUT2D eigenvalue weighted by Crippen LogP contribution is -2.52. The van der Waals surface area contributed by atoms with E-state index in [9.17, 15) is 14.4 Å². The summed E-state index contributed by atoms with van der Waals surface area (Å²) >= 11 is 0. The van der Waals surface area contributed by atoms with Gasteiger partial charge in [-0.1, -0.05) is 0 Å². The Bertz CT molecular complexity index is 387. The highest BCUT2D eigenvalue weighted by Gasteiger charge is 2.40. The van der Waals surface area contributed by atoms with Gasteiger partial charge in [-0.25, -0.2) is 9.59 Å². The number of carbonyl (C=O) groups excluding carboxylic acids is 3. The highest BCUT2D eigenvalue weighted by atomic mass is 16.6. The van der Waals surface area contributed by atoms with E-state index in [1.54, 1.807) is 27.7 Å². The van der Waals surface area contributed by atoms with E-state index < -0.39 is 29.5 Å². The quantitative estimate of drug-likeness (QED) is 0.550. The number of hydrogen-bond acceptors (Lipinski definition) is 6. The summed E-state index contributed by atoms with van der Waals surface area (Å²) in [6, 6.07) is -1.30. The van der Waals surface area contributed by atoms with E-state index >= 15 is 0 Å². The molecule has 1 fully saturated rings. The van der Waals surface area contributed by atoms with Crippen molar-refractivity contribution in [3.63, 3.8) is 0 Å². The van der Waals surface area contributed by atoms with E-state index in [-0.39, 0.29) is 26.4 Å². The summed E-state index contributed by atoms with van der Waals surface area (Å²) < 4.78 is 15.1. The highest BCUT2D eigenvalue weighted by Crippen LogP contribution is 2.15. The van der Waals surface area contributed by atoms with Crippen LogP contribution in [-0.2, 0) is 23.8 Å². The van der Waals surface area contributed by atoms with Crippen LogP contribution in [0.15, 0.2) is 0 Å². The Balaban J connectivity index is 2.94. The minimum Gasteiger partial charge on any atom is -0.464 e. The minimum atomic E-state index is -1.30. The third kappa shape index (κ3) is 4.48. The zero-order chi connectivity index (χ0) is 15.3.